The van der Waals surface area contributed by atoms with Crippen LogP contribution in [0, 0.1) is 17.8 Å². The topological polar surface area (TPSA) is 40.5 Å². The van der Waals surface area contributed by atoms with Crippen LogP contribution in [-0.4, -0.2) is 35.1 Å². The van der Waals surface area contributed by atoms with E-state index >= 15 is 0 Å². The number of carboxylic acids is 1. The number of hydrogen-bond acceptors (Lipinski definition) is 2. The van der Waals surface area contributed by atoms with Crippen LogP contribution in [0.4, 0.5) is 0 Å². The van der Waals surface area contributed by atoms with Crippen molar-refractivity contribution in [2.24, 2.45) is 17.8 Å². The molecule has 106 valence electrons. The summed E-state index contributed by atoms with van der Waals surface area (Å²) in [4.78, 5) is 13.4. The monoisotopic (exact) mass is 255 g/mol. The van der Waals surface area contributed by atoms with Gasteiger partial charge < -0.3 is 5.11 Å². The van der Waals surface area contributed by atoms with Crippen LogP contribution in [0.2, 0.25) is 0 Å². The van der Waals surface area contributed by atoms with Crippen LogP contribution >= 0.6 is 0 Å². The van der Waals surface area contributed by atoms with Gasteiger partial charge in [0, 0.05) is 19.0 Å². The Kier molecular flexibility index (Phi) is 6.13. The molecule has 0 spiro atoms. The molecule has 0 aromatic carbocycles. The summed E-state index contributed by atoms with van der Waals surface area (Å²) in [6, 6.07) is 0.657. The summed E-state index contributed by atoms with van der Waals surface area (Å²) < 4.78 is 0. The molecule has 0 amide bonds. The normalized spacial score (nSPS) is 25.1. The van der Waals surface area contributed by atoms with E-state index in [4.69, 9.17) is 5.11 Å². The van der Waals surface area contributed by atoms with Crippen LogP contribution < -0.4 is 0 Å². The lowest BCUT2D eigenvalue weighted by Gasteiger charge is -2.41. The fraction of sp³-hybridized carbons (Fsp3) is 0.933. The Hall–Kier alpha value is -0.570. The first-order chi connectivity index (χ1) is 8.45. The predicted molar refractivity (Wildman–Crippen MR) is 74.6 cm³/mol. The summed E-state index contributed by atoms with van der Waals surface area (Å²) in [7, 11) is 0. The zero-order valence-corrected chi connectivity index (χ0v) is 12.4. The summed E-state index contributed by atoms with van der Waals surface area (Å²) >= 11 is 0. The van der Waals surface area contributed by atoms with Crippen LogP contribution in [0.25, 0.3) is 0 Å². The molecule has 18 heavy (non-hydrogen) atoms. The lowest BCUT2D eigenvalue weighted by molar-refractivity contribution is -0.138. The third kappa shape index (κ3) is 4.27. The molecule has 3 nitrogen and oxygen atoms in total. The zero-order chi connectivity index (χ0) is 13.7. The fourth-order valence-electron chi connectivity index (χ4n) is 3.40. The van der Waals surface area contributed by atoms with Crippen molar-refractivity contribution in [1.29, 1.82) is 0 Å². The van der Waals surface area contributed by atoms with E-state index in [2.05, 4.69) is 32.6 Å². The Morgan fingerprint density at radius 2 is 2.06 bits per heavy atom. The second kappa shape index (κ2) is 7.13. The molecule has 3 unspecified atom stereocenters. The van der Waals surface area contributed by atoms with Crippen molar-refractivity contribution >= 4 is 5.97 Å². The quantitative estimate of drug-likeness (QED) is 0.792. The molecule has 0 aliphatic carbocycles. The molecule has 3 atom stereocenters. The molecule has 3 heteroatoms. The van der Waals surface area contributed by atoms with Gasteiger partial charge in [-0.1, -0.05) is 27.7 Å². The van der Waals surface area contributed by atoms with Gasteiger partial charge in [0.25, 0.3) is 0 Å². The highest BCUT2D eigenvalue weighted by atomic mass is 16.4. The second-order valence-corrected chi connectivity index (χ2v) is 6.19. The SMILES string of the molecule is CCC(C(C)C)N1CCCC(C(C)CC(=O)O)C1. The average Bonchev–Trinajstić information content (AvgIpc) is 2.29. The van der Waals surface area contributed by atoms with Gasteiger partial charge in [0.05, 0.1) is 0 Å². The molecule has 1 fully saturated rings. The van der Waals surface area contributed by atoms with Crippen molar-refractivity contribution in [1.82, 2.24) is 4.90 Å². The molecule has 0 bridgehead atoms. The molecule has 1 aliphatic heterocycles. The Balaban J connectivity index is 2.57. The van der Waals surface area contributed by atoms with Gasteiger partial charge in [0.1, 0.15) is 0 Å². The minimum absolute atomic E-state index is 0.301. The van der Waals surface area contributed by atoms with Crippen LogP contribution in [0.5, 0.6) is 0 Å². The summed E-state index contributed by atoms with van der Waals surface area (Å²) in [6.45, 7) is 11.2. The van der Waals surface area contributed by atoms with Gasteiger partial charge in [-0.3, -0.25) is 9.69 Å². The molecule has 1 saturated heterocycles. The van der Waals surface area contributed by atoms with Gasteiger partial charge in [-0.2, -0.15) is 0 Å². The van der Waals surface area contributed by atoms with Crippen molar-refractivity contribution < 1.29 is 9.90 Å². The number of likely N-dealkylation sites (tertiary alicyclic amines) is 1. The van der Waals surface area contributed by atoms with E-state index in [9.17, 15) is 4.79 Å². The van der Waals surface area contributed by atoms with Crippen LogP contribution in [-0.2, 0) is 4.79 Å². The largest absolute Gasteiger partial charge is 0.481 e. The van der Waals surface area contributed by atoms with Gasteiger partial charge in [0.2, 0.25) is 0 Å². The summed E-state index contributed by atoms with van der Waals surface area (Å²) in [6.07, 6.45) is 3.92. The Labute approximate surface area is 112 Å². The van der Waals surface area contributed by atoms with Crippen LogP contribution in [0.15, 0.2) is 0 Å². The molecular weight excluding hydrogens is 226 g/mol. The number of aliphatic carboxylic acids is 1. The lowest BCUT2D eigenvalue weighted by Crippen LogP contribution is -2.46. The van der Waals surface area contributed by atoms with Crippen molar-refractivity contribution in [3.63, 3.8) is 0 Å². The van der Waals surface area contributed by atoms with E-state index in [-0.39, 0.29) is 0 Å². The van der Waals surface area contributed by atoms with Crippen molar-refractivity contribution in [2.45, 2.75) is 59.4 Å². The maximum Gasteiger partial charge on any atom is 0.303 e. The van der Waals surface area contributed by atoms with Gasteiger partial charge in [-0.05, 0) is 43.6 Å². The number of carbonyl (C=O) groups is 1. The summed E-state index contributed by atoms with van der Waals surface area (Å²) in [5, 5.41) is 8.91. The van der Waals surface area contributed by atoms with E-state index in [1.54, 1.807) is 0 Å². The Morgan fingerprint density at radius 3 is 2.56 bits per heavy atom. The first-order valence-corrected chi connectivity index (χ1v) is 7.41. The minimum atomic E-state index is -0.657. The highest BCUT2D eigenvalue weighted by Gasteiger charge is 2.29. The molecule has 0 aromatic heterocycles. The molecule has 0 aromatic rings. The van der Waals surface area contributed by atoms with Crippen molar-refractivity contribution in [2.75, 3.05) is 13.1 Å². The second-order valence-electron chi connectivity index (χ2n) is 6.19. The standard InChI is InChI=1S/C15H29NO2/c1-5-14(11(2)3)16-8-6-7-13(10-16)12(4)9-15(17)18/h11-14H,5-10H2,1-4H3,(H,17,18). The Bertz CT molecular complexity index is 265. The number of hydrogen-bond donors (Lipinski definition) is 1. The maximum atomic E-state index is 10.8. The predicted octanol–water partition coefficient (Wildman–Crippen LogP) is 3.24. The molecule has 1 N–H and O–H groups in total. The number of carboxylic acid groups (broad SMARTS) is 1. The van der Waals surface area contributed by atoms with Gasteiger partial charge in [-0.15, -0.1) is 0 Å². The summed E-state index contributed by atoms with van der Waals surface area (Å²) in [5.74, 6) is 0.886. The van der Waals surface area contributed by atoms with Crippen LogP contribution in [0.1, 0.15) is 53.4 Å². The molecular formula is C15H29NO2. The lowest BCUT2D eigenvalue weighted by atomic mass is 9.83. The molecule has 0 saturated carbocycles. The van der Waals surface area contributed by atoms with Crippen molar-refractivity contribution in [3.8, 4) is 0 Å². The highest BCUT2D eigenvalue weighted by molar-refractivity contribution is 5.67. The van der Waals surface area contributed by atoms with E-state index in [0.29, 0.717) is 30.2 Å². The average molecular weight is 255 g/mol. The molecule has 0 radical (unpaired) electrons. The van der Waals surface area contributed by atoms with Gasteiger partial charge in [0.15, 0.2) is 0 Å². The molecule has 1 heterocycles. The zero-order valence-electron chi connectivity index (χ0n) is 12.4. The van der Waals surface area contributed by atoms with E-state index in [0.717, 1.165) is 6.54 Å². The number of nitrogens with zero attached hydrogens (tertiary/aromatic N) is 1. The van der Waals surface area contributed by atoms with Gasteiger partial charge >= 0.3 is 5.97 Å². The van der Waals surface area contributed by atoms with E-state index in [1.165, 1.54) is 25.8 Å². The van der Waals surface area contributed by atoms with E-state index < -0.39 is 5.97 Å². The molecule has 1 aliphatic rings. The smallest absolute Gasteiger partial charge is 0.303 e. The van der Waals surface area contributed by atoms with Crippen LogP contribution in [0.3, 0.4) is 0 Å². The van der Waals surface area contributed by atoms with Crippen molar-refractivity contribution in [3.05, 3.63) is 0 Å². The Morgan fingerprint density at radius 1 is 1.39 bits per heavy atom. The maximum absolute atomic E-state index is 10.8. The minimum Gasteiger partial charge on any atom is -0.481 e. The van der Waals surface area contributed by atoms with Gasteiger partial charge in [-0.25, -0.2) is 0 Å². The number of piperidine rings is 1. The fourth-order valence-corrected chi connectivity index (χ4v) is 3.40. The number of rotatable bonds is 6. The third-order valence-corrected chi connectivity index (χ3v) is 4.45. The third-order valence-electron chi connectivity index (χ3n) is 4.45. The molecule has 1 rings (SSSR count). The first-order valence-electron chi connectivity index (χ1n) is 7.41. The highest BCUT2D eigenvalue weighted by Crippen LogP contribution is 2.29. The summed E-state index contributed by atoms with van der Waals surface area (Å²) in [5.41, 5.74) is 0. The van der Waals surface area contributed by atoms with E-state index in [1.807, 2.05) is 0 Å². The first kappa shape index (κ1) is 15.5.